The average Bonchev–Trinajstić information content (AvgIpc) is 2.67. The summed E-state index contributed by atoms with van der Waals surface area (Å²) in [4.78, 5) is 2.25. The van der Waals surface area contributed by atoms with Crippen LogP contribution < -0.4 is 4.90 Å². The molecule has 0 saturated heterocycles. The predicted octanol–water partition coefficient (Wildman–Crippen LogP) is 7.93. The highest BCUT2D eigenvalue weighted by Crippen LogP contribution is 2.41. The molecule has 0 aliphatic rings. The first-order valence-electron chi connectivity index (χ1n) is 10.6. The van der Waals surface area contributed by atoms with Crippen LogP contribution in [0.1, 0.15) is 64.2 Å². The van der Waals surface area contributed by atoms with E-state index in [1.807, 2.05) is 0 Å². The van der Waals surface area contributed by atoms with E-state index in [1.54, 1.807) is 0 Å². The maximum atomic E-state index is 2.32. The first-order chi connectivity index (χ1) is 13.6. The van der Waals surface area contributed by atoms with Crippen molar-refractivity contribution in [2.45, 2.75) is 52.9 Å². The third-order valence-electron chi connectivity index (χ3n) is 5.73. The van der Waals surface area contributed by atoms with Crippen molar-refractivity contribution in [3.8, 4) is 0 Å². The van der Waals surface area contributed by atoms with Gasteiger partial charge in [0.1, 0.15) is 0 Å². The summed E-state index contributed by atoms with van der Waals surface area (Å²) in [5, 5.41) is 0. The standard InChI is InChI=1S/C28H35N/c1-27(2,3)23-15-19-25(20-16-23)29(7)24-17-13-22(14-18-24)26(28(4,5)6)21-11-9-8-10-12-21/h8-20,26H,1-7H3. The fraction of sp³-hybridized carbons (Fsp3) is 0.357. The van der Waals surface area contributed by atoms with Crippen LogP contribution in [-0.4, -0.2) is 7.05 Å². The van der Waals surface area contributed by atoms with Gasteiger partial charge < -0.3 is 4.90 Å². The monoisotopic (exact) mass is 385 g/mol. The van der Waals surface area contributed by atoms with E-state index in [1.165, 1.54) is 28.1 Å². The van der Waals surface area contributed by atoms with Gasteiger partial charge in [-0.3, -0.25) is 0 Å². The summed E-state index contributed by atoms with van der Waals surface area (Å²) in [6.07, 6.45) is 0. The molecule has 0 bridgehead atoms. The molecule has 0 N–H and O–H groups in total. The molecule has 152 valence electrons. The van der Waals surface area contributed by atoms with Crippen molar-refractivity contribution in [1.29, 1.82) is 0 Å². The van der Waals surface area contributed by atoms with E-state index in [9.17, 15) is 0 Å². The summed E-state index contributed by atoms with van der Waals surface area (Å²) in [6, 6.07) is 28.8. The summed E-state index contributed by atoms with van der Waals surface area (Å²) < 4.78 is 0. The number of anilines is 2. The molecule has 1 atom stereocenters. The van der Waals surface area contributed by atoms with E-state index in [0.29, 0.717) is 5.92 Å². The minimum atomic E-state index is 0.150. The zero-order valence-electron chi connectivity index (χ0n) is 19.0. The second-order valence-corrected chi connectivity index (χ2v) is 10.2. The van der Waals surface area contributed by atoms with Gasteiger partial charge in [-0.05, 0) is 51.8 Å². The number of hydrogen-bond acceptors (Lipinski definition) is 1. The molecule has 0 heterocycles. The Morgan fingerprint density at radius 2 is 1.03 bits per heavy atom. The fourth-order valence-electron chi connectivity index (χ4n) is 4.06. The van der Waals surface area contributed by atoms with Crippen LogP contribution in [0.25, 0.3) is 0 Å². The van der Waals surface area contributed by atoms with Crippen molar-refractivity contribution >= 4 is 11.4 Å². The molecule has 0 amide bonds. The number of benzene rings is 3. The van der Waals surface area contributed by atoms with Gasteiger partial charge in [-0.2, -0.15) is 0 Å². The Morgan fingerprint density at radius 1 is 0.586 bits per heavy atom. The third-order valence-corrected chi connectivity index (χ3v) is 5.73. The zero-order chi connectivity index (χ0) is 21.2. The van der Waals surface area contributed by atoms with Crippen LogP contribution in [0.3, 0.4) is 0 Å². The van der Waals surface area contributed by atoms with E-state index < -0.39 is 0 Å². The van der Waals surface area contributed by atoms with Crippen LogP contribution >= 0.6 is 0 Å². The van der Waals surface area contributed by atoms with Crippen LogP contribution in [0.15, 0.2) is 78.9 Å². The van der Waals surface area contributed by atoms with Gasteiger partial charge in [0, 0.05) is 24.3 Å². The summed E-state index contributed by atoms with van der Waals surface area (Å²) in [5.41, 5.74) is 6.85. The van der Waals surface area contributed by atoms with Gasteiger partial charge in [-0.1, -0.05) is 96.1 Å². The van der Waals surface area contributed by atoms with Crippen LogP contribution in [0, 0.1) is 5.41 Å². The molecule has 0 aromatic heterocycles. The highest BCUT2D eigenvalue weighted by Gasteiger charge is 2.27. The molecule has 0 spiro atoms. The van der Waals surface area contributed by atoms with Gasteiger partial charge in [-0.25, -0.2) is 0 Å². The van der Waals surface area contributed by atoms with Crippen molar-refractivity contribution < 1.29 is 0 Å². The van der Waals surface area contributed by atoms with E-state index in [4.69, 9.17) is 0 Å². The molecule has 1 heteroatoms. The van der Waals surface area contributed by atoms with Crippen molar-refractivity contribution in [2.75, 3.05) is 11.9 Å². The molecular weight excluding hydrogens is 350 g/mol. The molecule has 0 saturated carbocycles. The first-order valence-corrected chi connectivity index (χ1v) is 10.6. The minimum absolute atomic E-state index is 0.150. The Labute approximate surface area is 177 Å². The Balaban J connectivity index is 1.87. The van der Waals surface area contributed by atoms with Crippen LogP contribution in [-0.2, 0) is 5.41 Å². The van der Waals surface area contributed by atoms with Gasteiger partial charge >= 0.3 is 0 Å². The van der Waals surface area contributed by atoms with Gasteiger partial charge in [0.15, 0.2) is 0 Å². The molecule has 0 fully saturated rings. The highest BCUT2D eigenvalue weighted by atomic mass is 15.1. The normalized spacial score (nSPS) is 13.2. The van der Waals surface area contributed by atoms with E-state index in [0.717, 1.165) is 0 Å². The lowest BCUT2D eigenvalue weighted by atomic mass is 9.72. The largest absolute Gasteiger partial charge is 0.345 e. The second kappa shape index (κ2) is 8.06. The van der Waals surface area contributed by atoms with Crippen molar-refractivity contribution in [1.82, 2.24) is 0 Å². The summed E-state index contributed by atoms with van der Waals surface area (Å²) in [6.45, 7) is 13.7. The van der Waals surface area contributed by atoms with Crippen molar-refractivity contribution in [2.24, 2.45) is 5.41 Å². The van der Waals surface area contributed by atoms with Crippen LogP contribution in [0.2, 0.25) is 0 Å². The number of rotatable bonds is 4. The van der Waals surface area contributed by atoms with E-state index in [2.05, 4.69) is 132 Å². The molecule has 0 aliphatic carbocycles. The lowest BCUT2D eigenvalue weighted by Gasteiger charge is -2.32. The molecule has 1 unspecified atom stereocenters. The Bertz CT molecular complexity index is 907. The first kappa shape index (κ1) is 21.2. The van der Waals surface area contributed by atoms with E-state index in [-0.39, 0.29) is 10.8 Å². The van der Waals surface area contributed by atoms with Crippen molar-refractivity contribution in [3.05, 3.63) is 95.6 Å². The molecule has 1 nitrogen and oxygen atoms in total. The van der Waals surface area contributed by atoms with Crippen LogP contribution in [0.4, 0.5) is 11.4 Å². The maximum Gasteiger partial charge on any atom is 0.0408 e. The highest BCUT2D eigenvalue weighted by molar-refractivity contribution is 5.63. The third kappa shape index (κ3) is 4.90. The minimum Gasteiger partial charge on any atom is -0.345 e. The number of nitrogens with zero attached hydrogens (tertiary/aromatic N) is 1. The second-order valence-electron chi connectivity index (χ2n) is 10.2. The molecule has 0 radical (unpaired) electrons. The Hall–Kier alpha value is -2.54. The van der Waals surface area contributed by atoms with Crippen LogP contribution in [0.5, 0.6) is 0 Å². The number of hydrogen-bond donors (Lipinski definition) is 0. The summed E-state index contributed by atoms with van der Waals surface area (Å²) in [5.74, 6) is 0.370. The fourth-order valence-corrected chi connectivity index (χ4v) is 4.06. The molecule has 3 aromatic rings. The maximum absolute atomic E-state index is 2.32. The Kier molecular flexibility index (Phi) is 5.89. The SMILES string of the molecule is CN(c1ccc(C(c2ccccc2)C(C)(C)C)cc1)c1ccc(C(C)(C)C)cc1. The van der Waals surface area contributed by atoms with Gasteiger partial charge in [0.25, 0.3) is 0 Å². The van der Waals surface area contributed by atoms with Gasteiger partial charge in [0.2, 0.25) is 0 Å². The molecule has 3 rings (SSSR count). The predicted molar refractivity (Wildman–Crippen MR) is 127 cm³/mol. The Morgan fingerprint density at radius 3 is 1.48 bits per heavy atom. The average molecular weight is 386 g/mol. The lowest BCUT2D eigenvalue weighted by Crippen LogP contribution is -2.20. The topological polar surface area (TPSA) is 3.24 Å². The van der Waals surface area contributed by atoms with Gasteiger partial charge in [-0.15, -0.1) is 0 Å². The zero-order valence-corrected chi connectivity index (χ0v) is 19.0. The van der Waals surface area contributed by atoms with E-state index >= 15 is 0 Å². The lowest BCUT2D eigenvalue weighted by molar-refractivity contribution is 0.358. The summed E-state index contributed by atoms with van der Waals surface area (Å²) >= 11 is 0. The smallest absolute Gasteiger partial charge is 0.0408 e. The molecule has 0 aliphatic heterocycles. The van der Waals surface area contributed by atoms with Gasteiger partial charge in [0.05, 0.1) is 0 Å². The summed E-state index contributed by atoms with van der Waals surface area (Å²) in [7, 11) is 2.14. The molecular formula is C28H35N. The molecule has 3 aromatic carbocycles. The van der Waals surface area contributed by atoms with Crippen molar-refractivity contribution in [3.63, 3.8) is 0 Å². The quantitative estimate of drug-likeness (QED) is 0.441. The molecule has 29 heavy (non-hydrogen) atoms.